The van der Waals surface area contributed by atoms with Crippen molar-refractivity contribution in [1.29, 1.82) is 0 Å². The standard InChI is InChI=1S/C13H16O/c1-7(2)12-8-3-4-10(12)13-9(8)5-6-11(13)14/h5-6,8-10,13H,3-4H2,1-2H3/t8-,9+,10+,13+/m0/s1. The molecule has 3 rings (SSSR count). The highest BCUT2D eigenvalue weighted by atomic mass is 16.1. The van der Waals surface area contributed by atoms with Gasteiger partial charge >= 0.3 is 0 Å². The molecule has 2 saturated carbocycles. The number of allylic oxidation sites excluding steroid dienone is 4. The summed E-state index contributed by atoms with van der Waals surface area (Å²) in [4.78, 5) is 11.7. The van der Waals surface area contributed by atoms with E-state index in [0.717, 1.165) is 0 Å². The van der Waals surface area contributed by atoms with Crippen LogP contribution in [0.2, 0.25) is 0 Å². The number of fused-ring (bicyclic) bond motifs is 5. The smallest absolute Gasteiger partial charge is 0.159 e. The first-order valence-electron chi connectivity index (χ1n) is 5.59. The molecule has 0 N–H and O–H groups in total. The largest absolute Gasteiger partial charge is 0.295 e. The third kappa shape index (κ3) is 0.832. The third-order valence-corrected chi connectivity index (χ3v) is 4.29. The van der Waals surface area contributed by atoms with Crippen LogP contribution < -0.4 is 0 Å². The highest BCUT2D eigenvalue weighted by Gasteiger charge is 2.54. The summed E-state index contributed by atoms with van der Waals surface area (Å²) in [7, 11) is 0. The van der Waals surface area contributed by atoms with Gasteiger partial charge in [-0.25, -0.2) is 0 Å². The van der Waals surface area contributed by atoms with Gasteiger partial charge in [0.15, 0.2) is 5.78 Å². The van der Waals surface area contributed by atoms with E-state index in [1.165, 1.54) is 18.4 Å². The Morgan fingerprint density at radius 3 is 2.64 bits per heavy atom. The number of hydrogen-bond acceptors (Lipinski definition) is 1. The number of ketones is 1. The molecule has 0 spiro atoms. The van der Waals surface area contributed by atoms with Crippen LogP contribution in [0, 0.1) is 23.7 Å². The predicted molar refractivity (Wildman–Crippen MR) is 55.7 cm³/mol. The fourth-order valence-corrected chi connectivity index (χ4v) is 3.94. The minimum absolute atomic E-state index is 0.332. The highest BCUT2D eigenvalue weighted by molar-refractivity contribution is 5.96. The summed E-state index contributed by atoms with van der Waals surface area (Å²) >= 11 is 0. The van der Waals surface area contributed by atoms with E-state index in [9.17, 15) is 4.79 Å². The maximum absolute atomic E-state index is 11.7. The van der Waals surface area contributed by atoms with Crippen molar-refractivity contribution >= 4 is 5.78 Å². The van der Waals surface area contributed by atoms with E-state index in [-0.39, 0.29) is 0 Å². The molecule has 2 fully saturated rings. The maximum atomic E-state index is 11.7. The van der Waals surface area contributed by atoms with Crippen LogP contribution in [-0.4, -0.2) is 5.78 Å². The normalized spacial score (nSPS) is 43.6. The predicted octanol–water partition coefficient (Wildman–Crippen LogP) is 2.73. The molecular weight excluding hydrogens is 172 g/mol. The number of hydrogen-bond donors (Lipinski definition) is 0. The molecule has 1 nitrogen and oxygen atoms in total. The summed E-state index contributed by atoms with van der Waals surface area (Å²) in [5.41, 5.74) is 3.09. The van der Waals surface area contributed by atoms with Crippen molar-refractivity contribution in [2.45, 2.75) is 26.7 Å². The quantitative estimate of drug-likeness (QED) is 0.534. The molecule has 74 valence electrons. The van der Waals surface area contributed by atoms with Gasteiger partial charge < -0.3 is 0 Å². The van der Waals surface area contributed by atoms with E-state index < -0.39 is 0 Å². The fourth-order valence-electron chi connectivity index (χ4n) is 3.94. The number of rotatable bonds is 0. The molecule has 3 aliphatic rings. The van der Waals surface area contributed by atoms with Gasteiger partial charge in [-0.2, -0.15) is 0 Å². The van der Waals surface area contributed by atoms with Gasteiger partial charge in [0, 0.05) is 5.92 Å². The minimum Gasteiger partial charge on any atom is -0.295 e. The van der Waals surface area contributed by atoms with Crippen molar-refractivity contribution in [2.24, 2.45) is 23.7 Å². The third-order valence-electron chi connectivity index (χ3n) is 4.29. The van der Waals surface area contributed by atoms with Crippen molar-refractivity contribution in [3.8, 4) is 0 Å². The Hall–Kier alpha value is -0.850. The Morgan fingerprint density at radius 1 is 1.29 bits per heavy atom. The second-order valence-electron chi connectivity index (χ2n) is 5.11. The molecule has 1 heteroatoms. The molecule has 0 aliphatic heterocycles. The van der Waals surface area contributed by atoms with Gasteiger partial charge in [-0.05, 0) is 50.5 Å². The lowest BCUT2D eigenvalue weighted by atomic mass is 9.81. The Morgan fingerprint density at radius 2 is 2.00 bits per heavy atom. The molecule has 0 aromatic carbocycles. The molecule has 2 bridgehead atoms. The minimum atomic E-state index is 0.332. The van der Waals surface area contributed by atoms with Crippen LogP contribution in [-0.2, 0) is 4.79 Å². The van der Waals surface area contributed by atoms with E-state index in [4.69, 9.17) is 0 Å². The first kappa shape index (κ1) is 8.46. The molecule has 0 saturated heterocycles. The lowest BCUT2D eigenvalue weighted by Gasteiger charge is -2.21. The maximum Gasteiger partial charge on any atom is 0.159 e. The Kier molecular flexibility index (Phi) is 1.56. The molecule has 3 aliphatic carbocycles. The molecule has 0 radical (unpaired) electrons. The number of carbonyl (C=O) groups is 1. The lowest BCUT2D eigenvalue weighted by molar-refractivity contribution is -0.119. The topological polar surface area (TPSA) is 17.1 Å². The molecule has 0 aromatic heterocycles. The molecule has 0 aromatic rings. The van der Waals surface area contributed by atoms with Crippen LogP contribution in [0.15, 0.2) is 23.3 Å². The monoisotopic (exact) mass is 188 g/mol. The average molecular weight is 188 g/mol. The van der Waals surface area contributed by atoms with Gasteiger partial charge in [0.2, 0.25) is 0 Å². The summed E-state index contributed by atoms with van der Waals surface area (Å²) < 4.78 is 0. The first-order valence-corrected chi connectivity index (χ1v) is 5.59. The molecule has 14 heavy (non-hydrogen) atoms. The van der Waals surface area contributed by atoms with Crippen molar-refractivity contribution in [3.63, 3.8) is 0 Å². The summed E-state index contributed by atoms with van der Waals surface area (Å²) in [6, 6.07) is 0. The van der Waals surface area contributed by atoms with Crippen LogP contribution in [0.5, 0.6) is 0 Å². The van der Waals surface area contributed by atoms with Gasteiger partial charge in [0.25, 0.3) is 0 Å². The van der Waals surface area contributed by atoms with E-state index in [1.54, 1.807) is 5.57 Å². The van der Waals surface area contributed by atoms with Gasteiger partial charge in [-0.3, -0.25) is 4.79 Å². The lowest BCUT2D eigenvalue weighted by Crippen LogP contribution is -2.22. The Labute approximate surface area is 84.9 Å². The van der Waals surface area contributed by atoms with Gasteiger partial charge in [0.05, 0.1) is 0 Å². The van der Waals surface area contributed by atoms with Crippen molar-refractivity contribution in [2.75, 3.05) is 0 Å². The zero-order valence-electron chi connectivity index (χ0n) is 8.79. The van der Waals surface area contributed by atoms with Crippen LogP contribution in [0.25, 0.3) is 0 Å². The second-order valence-corrected chi connectivity index (χ2v) is 5.11. The van der Waals surface area contributed by atoms with Crippen molar-refractivity contribution in [1.82, 2.24) is 0 Å². The van der Waals surface area contributed by atoms with E-state index in [2.05, 4.69) is 19.9 Å². The van der Waals surface area contributed by atoms with Crippen molar-refractivity contribution in [3.05, 3.63) is 23.3 Å². The Bertz CT molecular complexity index is 357. The number of carbonyl (C=O) groups excluding carboxylic acids is 1. The zero-order valence-corrected chi connectivity index (χ0v) is 8.79. The molecular formula is C13H16O. The van der Waals surface area contributed by atoms with Crippen LogP contribution in [0.3, 0.4) is 0 Å². The summed E-state index contributed by atoms with van der Waals surface area (Å²) in [5, 5.41) is 0. The zero-order chi connectivity index (χ0) is 9.87. The summed E-state index contributed by atoms with van der Waals surface area (Å²) in [6.45, 7) is 4.41. The summed E-state index contributed by atoms with van der Waals surface area (Å²) in [5.74, 6) is 2.58. The van der Waals surface area contributed by atoms with E-state index in [0.29, 0.717) is 29.5 Å². The van der Waals surface area contributed by atoms with Gasteiger partial charge in [-0.15, -0.1) is 0 Å². The van der Waals surface area contributed by atoms with Crippen LogP contribution in [0.4, 0.5) is 0 Å². The highest BCUT2D eigenvalue weighted by Crippen LogP contribution is 2.59. The van der Waals surface area contributed by atoms with Crippen molar-refractivity contribution < 1.29 is 4.79 Å². The SMILES string of the molecule is CC(C)=C1[C@H]2CC[C@H]1[C@@H]1C(=O)C=C[C@@H]12. The fraction of sp³-hybridized carbons (Fsp3) is 0.615. The van der Waals surface area contributed by atoms with E-state index >= 15 is 0 Å². The van der Waals surface area contributed by atoms with Gasteiger partial charge in [0.1, 0.15) is 0 Å². The second kappa shape index (κ2) is 2.59. The van der Waals surface area contributed by atoms with Gasteiger partial charge in [-0.1, -0.05) is 17.2 Å². The molecule has 0 unspecified atom stereocenters. The Balaban J connectivity index is 2.09. The average Bonchev–Trinajstić information content (AvgIpc) is 2.74. The van der Waals surface area contributed by atoms with Crippen LogP contribution in [0.1, 0.15) is 26.7 Å². The van der Waals surface area contributed by atoms with Crippen LogP contribution >= 0.6 is 0 Å². The molecule has 0 heterocycles. The molecule has 0 amide bonds. The summed E-state index contributed by atoms with van der Waals surface area (Å²) in [6.07, 6.45) is 6.55. The van der Waals surface area contributed by atoms with E-state index in [1.807, 2.05) is 6.08 Å². The molecule has 4 atom stereocenters. The first-order chi connectivity index (χ1) is 6.70.